The first-order valence-corrected chi connectivity index (χ1v) is 11.2. The summed E-state index contributed by atoms with van der Waals surface area (Å²) < 4.78 is 15.7. The van der Waals surface area contributed by atoms with Gasteiger partial charge in [-0.1, -0.05) is 11.6 Å². The number of alkyl carbamates (subject to hydrolysis) is 1. The van der Waals surface area contributed by atoms with Crippen molar-refractivity contribution in [3.63, 3.8) is 0 Å². The highest BCUT2D eigenvalue weighted by atomic mass is 16.6. The molecule has 12 nitrogen and oxygen atoms in total. The molecule has 0 aromatic rings. The van der Waals surface area contributed by atoms with E-state index in [9.17, 15) is 24.3 Å². The zero-order valence-corrected chi connectivity index (χ0v) is 22.0. The molecule has 0 saturated carbocycles. The van der Waals surface area contributed by atoms with Crippen molar-refractivity contribution < 1.29 is 38.5 Å². The number of carboxylic acid groups (broad SMARTS) is 1. The summed E-state index contributed by atoms with van der Waals surface area (Å²) in [5.74, 6) is -1.74. The van der Waals surface area contributed by atoms with E-state index in [-0.39, 0.29) is 19.5 Å². The molecule has 1 rings (SSSR count). The summed E-state index contributed by atoms with van der Waals surface area (Å²) in [6, 6.07) is -1.27. The molecule has 0 aliphatic carbocycles. The van der Waals surface area contributed by atoms with Gasteiger partial charge in [-0.05, 0) is 62.3 Å². The molecule has 0 saturated heterocycles. The van der Waals surface area contributed by atoms with Gasteiger partial charge in [0.25, 0.3) is 0 Å². The van der Waals surface area contributed by atoms with Crippen molar-refractivity contribution in [3.8, 4) is 0 Å². The topological polar surface area (TPSA) is 159 Å². The number of imide groups is 1. The van der Waals surface area contributed by atoms with Gasteiger partial charge in [0, 0.05) is 19.5 Å². The highest BCUT2D eigenvalue weighted by molar-refractivity contribution is 6.07. The zero-order chi connectivity index (χ0) is 27.4. The van der Waals surface area contributed by atoms with Gasteiger partial charge in [0.1, 0.15) is 22.8 Å². The monoisotopic (exact) mass is 498 g/mol. The predicted octanol–water partition coefficient (Wildman–Crippen LogP) is 3.70. The molecular weight excluding hydrogens is 460 g/mol. The van der Waals surface area contributed by atoms with Crippen LogP contribution in [0.1, 0.15) is 68.7 Å². The molecule has 0 aromatic heterocycles. The number of aliphatic carboxylic acids is 1. The number of hydrogen-bond donors (Lipinski definition) is 3. The highest BCUT2D eigenvalue weighted by Gasteiger charge is 2.38. The van der Waals surface area contributed by atoms with Crippen LogP contribution < -0.4 is 5.32 Å². The summed E-state index contributed by atoms with van der Waals surface area (Å²) in [5, 5.41) is 20.3. The van der Waals surface area contributed by atoms with Gasteiger partial charge in [-0.15, -0.1) is 4.90 Å². The lowest BCUT2D eigenvalue weighted by atomic mass is 10.1. The third-order valence-corrected chi connectivity index (χ3v) is 4.11. The Balaban J connectivity index is 2.96. The molecule has 0 spiro atoms. The molecule has 3 amide bonds. The Kier molecular flexibility index (Phi) is 9.30. The van der Waals surface area contributed by atoms with E-state index in [1.807, 2.05) is 0 Å². The summed E-state index contributed by atoms with van der Waals surface area (Å²) >= 11 is 0. The summed E-state index contributed by atoms with van der Waals surface area (Å²) in [4.78, 5) is 51.1. The maximum atomic E-state index is 12.7. The summed E-state index contributed by atoms with van der Waals surface area (Å²) in [5.41, 5.74) is -2.05. The van der Waals surface area contributed by atoms with Crippen molar-refractivity contribution in [2.75, 3.05) is 13.1 Å². The Hall–Kier alpha value is -3.31. The fraction of sp³-hybridized carbons (Fsp3) is 0.696. The van der Waals surface area contributed by atoms with E-state index in [1.54, 1.807) is 68.4 Å². The van der Waals surface area contributed by atoms with Gasteiger partial charge in [0.05, 0.1) is 0 Å². The van der Waals surface area contributed by atoms with Crippen molar-refractivity contribution in [1.29, 1.82) is 5.41 Å². The summed E-state index contributed by atoms with van der Waals surface area (Å²) in [6.07, 6.45) is -1.39. The minimum absolute atomic E-state index is 0.0563. The van der Waals surface area contributed by atoms with Crippen LogP contribution in [0.4, 0.5) is 14.4 Å². The Morgan fingerprint density at radius 1 is 0.971 bits per heavy atom. The van der Waals surface area contributed by atoms with Crippen LogP contribution in [0.25, 0.3) is 0 Å². The Bertz CT molecular complexity index is 849. The first-order chi connectivity index (χ1) is 15.7. The molecule has 0 fully saturated rings. The zero-order valence-electron chi connectivity index (χ0n) is 22.0. The second-order valence-electron chi connectivity index (χ2n) is 11.1. The predicted molar refractivity (Wildman–Crippen MR) is 127 cm³/mol. The van der Waals surface area contributed by atoms with Crippen LogP contribution in [-0.2, 0) is 19.0 Å². The quantitative estimate of drug-likeness (QED) is 0.227. The molecule has 0 bridgehead atoms. The molecule has 3 N–H and O–H groups in total. The number of hydrogen-bond acceptors (Lipinski definition) is 8. The van der Waals surface area contributed by atoms with E-state index in [0.717, 1.165) is 0 Å². The Morgan fingerprint density at radius 2 is 1.43 bits per heavy atom. The third-order valence-electron chi connectivity index (χ3n) is 4.11. The van der Waals surface area contributed by atoms with Gasteiger partial charge >= 0.3 is 24.2 Å². The van der Waals surface area contributed by atoms with E-state index in [1.165, 1.54) is 4.90 Å². The molecule has 1 heterocycles. The lowest BCUT2D eigenvalue weighted by Crippen LogP contribution is -2.52. The first-order valence-electron chi connectivity index (χ1n) is 11.2. The number of rotatable bonds is 4. The van der Waals surface area contributed by atoms with Crippen LogP contribution >= 0.6 is 0 Å². The third kappa shape index (κ3) is 10.7. The maximum absolute atomic E-state index is 12.7. The van der Waals surface area contributed by atoms with E-state index in [2.05, 4.69) is 5.32 Å². The molecule has 1 aliphatic rings. The van der Waals surface area contributed by atoms with E-state index < -0.39 is 53.1 Å². The second kappa shape index (κ2) is 11.0. The van der Waals surface area contributed by atoms with E-state index in [0.29, 0.717) is 10.5 Å². The average molecular weight is 499 g/mol. The second-order valence-corrected chi connectivity index (χ2v) is 11.1. The molecule has 0 radical (unpaired) electrons. The highest BCUT2D eigenvalue weighted by Crippen LogP contribution is 2.20. The molecule has 198 valence electrons. The minimum Gasteiger partial charge on any atom is -0.480 e. The number of carbonyl (C=O) groups excluding carboxylic acids is 3. The number of carboxylic acids is 1. The van der Waals surface area contributed by atoms with Crippen LogP contribution in [-0.4, -0.2) is 81.0 Å². The van der Waals surface area contributed by atoms with Crippen molar-refractivity contribution in [3.05, 3.63) is 11.6 Å². The van der Waals surface area contributed by atoms with Crippen LogP contribution in [0.5, 0.6) is 0 Å². The van der Waals surface area contributed by atoms with Gasteiger partial charge in [-0.2, -0.15) is 0 Å². The van der Waals surface area contributed by atoms with Crippen LogP contribution in [0.15, 0.2) is 11.6 Å². The van der Waals surface area contributed by atoms with Crippen LogP contribution in [0.3, 0.4) is 0 Å². The summed E-state index contributed by atoms with van der Waals surface area (Å²) in [7, 11) is 0. The standard InChI is InChI=1S/C23H38N4O8/c1-21(2,3)33-18(30)25-15(16(28)29)12-14-10-11-26(13-14)17(24)27(19(31)34-22(4,5)6)20(32)35-23(7,8)9/h10,15,24H,11-13H2,1-9H3,(H,25,30)(H,28,29). The number of guanidine groups is 1. The minimum atomic E-state index is -1.27. The Morgan fingerprint density at radius 3 is 1.83 bits per heavy atom. The lowest BCUT2D eigenvalue weighted by Gasteiger charge is -2.31. The normalized spacial score (nSPS) is 15.0. The molecule has 1 atom stereocenters. The van der Waals surface area contributed by atoms with Crippen LogP contribution in [0.2, 0.25) is 0 Å². The summed E-state index contributed by atoms with van der Waals surface area (Å²) in [6.45, 7) is 14.9. The lowest BCUT2D eigenvalue weighted by molar-refractivity contribution is -0.139. The number of nitrogens with zero attached hydrogens (tertiary/aromatic N) is 2. The van der Waals surface area contributed by atoms with Crippen molar-refractivity contribution >= 4 is 30.2 Å². The number of ether oxygens (including phenoxy) is 3. The molecule has 1 unspecified atom stereocenters. The number of nitrogens with one attached hydrogen (secondary N) is 2. The SMILES string of the molecule is CC(C)(C)OC(=O)NC(CC1=CCN(C(=N)N(C(=O)OC(C)(C)C)C(=O)OC(C)(C)C)C1)C(=O)O. The van der Waals surface area contributed by atoms with Gasteiger partial charge in [-0.25, -0.2) is 19.2 Å². The fourth-order valence-corrected chi connectivity index (χ4v) is 2.84. The molecule has 12 heteroatoms. The van der Waals surface area contributed by atoms with Crippen LogP contribution in [0, 0.1) is 5.41 Å². The number of amides is 3. The molecular formula is C23H38N4O8. The molecule has 1 aliphatic heterocycles. The smallest absolute Gasteiger partial charge is 0.427 e. The Labute approximate surface area is 206 Å². The number of carbonyl (C=O) groups is 4. The molecule has 0 aromatic carbocycles. The van der Waals surface area contributed by atoms with Gasteiger partial charge in [-0.3, -0.25) is 5.41 Å². The van der Waals surface area contributed by atoms with Crippen molar-refractivity contribution in [1.82, 2.24) is 15.1 Å². The van der Waals surface area contributed by atoms with Crippen molar-refractivity contribution in [2.45, 2.75) is 91.6 Å². The van der Waals surface area contributed by atoms with Gasteiger partial charge in [0.2, 0.25) is 5.96 Å². The largest absolute Gasteiger partial charge is 0.480 e. The maximum Gasteiger partial charge on any atom is 0.427 e. The molecule has 35 heavy (non-hydrogen) atoms. The fourth-order valence-electron chi connectivity index (χ4n) is 2.84. The average Bonchev–Trinajstić information content (AvgIpc) is 3.04. The van der Waals surface area contributed by atoms with Gasteiger partial charge < -0.3 is 29.5 Å². The first kappa shape index (κ1) is 29.7. The van der Waals surface area contributed by atoms with E-state index >= 15 is 0 Å². The van der Waals surface area contributed by atoms with E-state index in [4.69, 9.17) is 19.6 Å². The van der Waals surface area contributed by atoms with Crippen molar-refractivity contribution in [2.24, 2.45) is 0 Å². The van der Waals surface area contributed by atoms with Gasteiger partial charge in [0.15, 0.2) is 0 Å².